The lowest BCUT2D eigenvalue weighted by Crippen LogP contribution is -2.12. The average molecular weight is 214 g/mol. The maximum Gasteiger partial charge on any atom is 0.255 e. The van der Waals surface area contributed by atoms with Crippen LogP contribution in [0.15, 0.2) is 6.07 Å². The summed E-state index contributed by atoms with van der Waals surface area (Å²) in [6.07, 6.45) is -0.291. The lowest BCUT2D eigenvalue weighted by Gasteiger charge is -2.07. The van der Waals surface area contributed by atoms with Crippen LogP contribution < -0.4 is 11.1 Å². The molecule has 0 amide bonds. The first-order valence-corrected chi connectivity index (χ1v) is 4.81. The highest BCUT2D eigenvalue weighted by atomic mass is 19.3. The van der Waals surface area contributed by atoms with Crippen molar-refractivity contribution in [2.75, 3.05) is 17.6 Å². The third-order valence-corrected chi connectivity index (χ3v) is 2.14. The maximum atomic E-state index is 12.0. The molecule has 15 heavy (non-hydrogen) atoms. The summed E-state index contributed by atoms with van der Waals surface area (Å²) in [7, 11) is 0. The van der Waals surface area contributed by atoms with E-state index in [1.807, 2.05) is 0 Å². The Hall–Kier alpha value is -1.46. The number of nitrogens with zero attached hydrogens (tertiary/aromatic N) is 2. The highest BCUT2D eigenvalue weighted by Crippen LogP contribution is 2.38. The Morgan fingerprint density at radius 3 is 2.80 bits per heavy atom. The van der Waals surface area contributed by atoms with Gasteiger partial charge in [-0.05, 0) is 12.8 Å². The van der Waals surface area contributed by atoms with Gasteiger partial charge in [0.15, 0.2) is 0 Å². The molecule has 1 heterocycles. The van der Waals surface area contributed by atoms with Crippen molar-refractivity contribution in [3.63, 3.8) is 0 Å². The van der Waals surface area contributed by atoms with E-state index < -0.39 is 13.0 Å². The number of alkyl halides is 2. The number of nitrogens with two attached hydrogens (primary N) is 1. The van der Waals surface area contributed by atoms with Crippen molar-refractivity contribution in [2.45, 2.75) is 25.2 Å². The number of hydrogen-bond acceptors (Lipinski definition) is 4. The number of nitrogens with one attached hydrogen (secondary N) is 1. The van der Waals surface area contributed by atoms with Crippen LogP contribution in [0.5, 0.6) is 0 Å². The van der Waals surface area contributed by atoms with E-state index in [4.69, 9.17) is 5.73 Å². The summed E-state index contributed by atoms with van der Waals surface area (Å²) < 4.78 is 23.9. The van der Waals surface area contributed by atoms with Gasteiger partial charge in [-0.1, -0.05) is 0 Å². The summed E-state index contributed by atoms with van der Waals surface area (Å²) >= 11 is 0. The maximum absolute atomic E-state index is 12.0. The van der Waals surface area contributed by atoms with Gasteiger partial charge in [-0.15, -0.1) is 0 Å². The zero-order valence-electron chi connectivity index (χ0n) is 8.08. The Morgan fingerprint density at radius 2 is 2.20 bits per heavy atom. The summed E-state index contributed by atoms with van der Waals surface area (Å²) in [5.41, 5.74) is 5.55. The van der Waals surface area contributed by atoms with Crippen LogP contribution in [0.4, 0.5) is 20.4 Å². The van der Waals surface area contributed by atoms with Crippen LogP contribution in [-0.4, -0.2) is 22.9 Å². The number of rotatable bonds is 4. The Balaban J connectivity index is 2.09. The van der Waals surface area contributed by atoms with Gasteiger partial charge < -0.3 is 11.1 Å². The Kier molecular flexibility index (Phi) is 2.66. The second-order valence-electron chi connectivity index (χ2n) is 3.58. The summed E-state index contributed by atoms with van der Waals surface area (Å²) in [6, 6.07) is 1.47. The largest absolute Gasteiger partial charge is 0.384 e. The minimum atomic E-state index is -2.40. The van der Waals surface area contributed by atoms with Gasteiger partial charge in [0.2, 0.25) is 0 Å². The summed E-state index contributed by atoms with van der Waals surface area (Å²) in [4.78, 5) is 8.19. The van der Waals surface area contributed by atoms with Crippen LogP contribution in [-0.2, 0) is 0 Å². The Morgan fingerprint density at radius 1 is 1.47 bits per heavy atom. The molecule has 1 aliphatic rings. The second kappa shape index (κ2) is 3.96. The lowest BCUT2D eigenvalue weighted by atomic mass is 10.4. The number of hydrogen-bond donors (Lipinski definition) is 2. The Labute approximate surface area is 85.9 Å². The van der Waals surface area contributed by atoms with Gasteiger partial charge in [-0.2, -0.15) is 0 Å². The minimum absolute atomic E-state index is 0.323. The van der Waals surface area contributed by atoms with Crippen molar-refractivity contribution < 1.29 is 8.78 Å². The van der Waals surface area contributed by atoms with Gasteiger partial charge in [0.05, 0.1) is 6.54 Å². The van der Waals surface area contributed by atoms with E-state index in [1.54, 1.807) is 0 Å². The number of anilines is 2. The molecular weight excluding hydrogens is 202 g/mol. The van der Waals surface area contributed by atoms with Gasteiger partial charge in [-0.25, -0.2) is 18.7 Å². The number of halogens is 2. The fraction of sp³-hybridized carbons (Fsp3) is 0.556. The molecule has 0 unspecified atom stereocenters. The highest BCUT2D eigenvalue weighted by molar-refractivity contribution is 5.45. The molecule has 0 spiro atoms. The van der Waals surface area contributed by atoms with Crippen LogP contribution in [0.1, 0.15) is 24.6 Å². The quantitative estimate of drug-likeness (QED) is 0.799. The first-order valence-electron chi connectivity index (χ1n) is 4.81. The van der Waals surface area contributed by atoms with E-state index in [2.05, 4.69) is 15.3 Å². The minimum Gasteiger partial charge on any atom is -0.384 e. The van der Waals surface area contributed by atoms with E-state index in [-0.39, 0.29) is 0 Å². The van der Waals surface area contributed by atoms with Crippen molar-refractivity contribution in [1.29, 1.82) is 0 Å². The predicted octanol–water partition coefficient (Wildman–Crippen LogP) is 1.61. The fourth-order valence-electron chi connectivity index (χ4n) is 1.28. The zero-order chi connectivity index (χ0) is 10.8. The molecule has 4 nitrogen and oxygen atoms in total. The van der Waals surface area contributed by atoms with Gasteiger partial charge in [0, 0.05) is 12.0 Å². The smallest absolute Gasteiger partial charge is 0.255 e. The summed E-state index contributed by atoms with van der Waals surface area (Å²) in [5.74, 6) is 1.72. The molecule has 0 bridgehead atoms. The number of nitrogen functional groups attached to an aromatic ring is 1. The topological polar surface area (TPSA) is 63.8 Å². The van der Waals surface area contributed by atoms with Gasteiger partial charge in [0.1, 0.15) is 17.5 Å². The normalized spacial score (nSPS) is 15.7. The summed E-state index contributed by atoms with van der Waals surface area (Å²) in [6.45, 7) is -0.416. The SMILES string of the molecule is Nc1cc(NCC(F)F)nc(C2CC2)n1. The molecule has 1 aromatic heterocycles. The van der Waals surface area contributed by atoms with E-state index in [0.29, 0.717) is 23.4 Å². The molecule has 1 aliphatic carbocycles. The van der Waals surface area contributed by atoms with Crippen molar-refractivity contribution in [3.8, 4) is 0 Å². The molecule has 0 aromatic carbocycles. The molecule has 0 aliphatic heterocycles. The molecule has 0 atom stereocenters. The second-order valence-corrected chi connectivity index (χ2v) is 3.58. The first-order chi connectivity index (χ1) is 7.15. The predicted molar refractivity (Wildman–Crippen MR) is 52.9 cm³/mol. The third kappa shape index (κ3) is 2.74. The number of aromatic nitrogens is 2. The molecule has 1 aromatic rings. The Bertz CT molecular complexity index is 352. The molecular formula is C9H12F2N4. The van der Waals surface area contributed by atoms with Gasteiger partial charge >= 0.3 is 0 Å². The first kappa shape index (κ1) is 10.1. The zero-order valence-corrected chi connectivity index (χ0v) is 8.08. The van der Waals surface area contributed by atoms with Crippen LogP contribution in [0, 0.1) is 0 Å². The van der Waals surface area contributed by atoms with Crippen LogP contribution in [0.3, 0.4) is 0 Å². The van der Waals surface area contributed by atoms with Crippen molar-refractivity contribution in [1.82, 2.24) is 9.97 Å². The van der Waals surface area contributed by atoms with Gasteiger partial charge in [0.25, 0.3) is 6.43 Å². The monoisotopic (exact) mass is 214 g/mol. The summed E-state index contributed by atoms with van der Waals surface area (Å²) in [5, 5.41) is 2.53. The molecule has 82 valence electrons. The van der Waals surface area contributed by atoms with Crippen molar-refractivity contribution in [2.24, 2.45) is 0 Å². The van der Waals surface area contributed by atoms with E-state index in [9.17, 15) is 8.78 Å². The molecule has 6 heteroatoms. The average Bonchev–Trinajstić information content (AvgIpc) is 2.97. The molecule has 0 radical (unpaired) electrons. The highest BCUT2D eigenvalue weighted by Gasteiger charge is 2.27. The van der Waals surface area contributed by atoms with E-state index >= 15 is 0 Å². The fourth-order valence-corrected chi connectivity index (χ4v) is 1.28. The molecule has 2 rings (SSSR count). The lowest BCUT2D eigenvalue weighted by molar-refractivity contribution is 0.163. The standard InChI is InChI=1S/C9H12F2N4/c10-6(11)4-13-8-3-7(12)14-9(15-8)5-1-2-5/h3,5-6H,1-2,4H2,(H3,12,13,14,15). The third-order valence-electron chi connectivity index (χ3n) is 2.14. The van der Waals surface area contributed by atoms with E-state index in [1.165, 1.54) is 6.07 Å². The van der Waals surface area contributed by atoms with E-state index in [0.717, 1.165) is 12.8 Å². The van der Waals surface area contributed by atoms with Crippen molar-refractivity contribution >= 4 is 11.6 Å². The van der Waals surface area contributed by atoms with Crippen LogP contribution >= 0.6 is 0 Å². The van der Waals surface area contributed by atoms with Crippen molar-refractivity contribution in [3.05, 3.63) is 11.9 Å². The van der Waals surface area contributed by atoms with Crippen LogP contribution in [0.2, 0.25) is 0 Å². The van der Waals surface area contributed by atoms with Crippen LogP contribution in [0.25, 0.3) is 0 Å². The molecule has 1 saturated carbocycles. The molecule has 3 N–H and O–H groups in total. The molecule has 1 fully saturated rings. The van der Waals surface area contributed by atoms with Gasteiger partial charge in [-0.3, -0.25) is 0 Å². The molecule has 0 saturated heterocycles.